The van der Waals surface area contributed by atoms with Crippen molar-refractivity contribution in [2.75, 3.05) is 23.4 Å². The van der Waals surface area contributed by atoms with E-state index >= 15 is 0 Å². The van der Waals surface area contributed by atoms with Crippen LogP contribution in [0.1, 0.15) is 42.0 Å². The number of thiazole rings is 1. The fraction of sp³-hybridized carbons (Fsp3) is 0.292. The van der Waals surface area contributed by atoms with Crippen LogP contribution in [-0.4, -0.2) is 41.0 Å². The van der Waals surface area contributed by atoms with Crippen molar-refractivity contribution in [1.29, 1.82) is 0 Å². The van der Waals surface area contributed by atoms with Crippen molar-refractivity contribution in [3.63, 3.8) is 0 Å². The second-order valence-electron chi connectivity index (χ2n) is 8.07. The van der Waals surface area contributed by atoms with Crippen LogP contribution in [0.3, 0.4) is 0 Å². The lowest BCUT2D eigenvalue weighted by molar-refractivity contribution is -0.115. The summed E-state index contributed by atoms with van der Waals surface area (Å²) in [5.41, 5.74) is 2.71. The number of carbonyl (C=O) groups excluding carboxylic acids is 2. The molecule has 0 unspecified atom stereocenters. The van der Waals surface area contributed by atoms with Gasteiger partial charge in [-0.25, -0.2) is 4.98 Å². The molecule has 1 fully saturated rings. The molecule has 170 valence electrons. The molecule has 2 aliphatic heterocycles. The number of anilines is 3. The quantitative estimate of drug-likeness (QED) is 0.539. The lowest BCUT2D eigenvalue weighted by atomic mass is 10.1. The van der Waals surface area contributed by atoms with E-state index in [-0.39, 0.29) is 17.9 Å². The number of nitrogens with zero attached hydrogens (tertiary/aromatic N) is 3. The highest BCUT2D eigenvalue weighted by Crippen LogP contribution is 2.37. The van der Waals surface area contributed by atoms with Crippen molar-refractivity contribution in [3.05, 3.63) is 70.2 Å². The standard InChI is InChI=1S/C24H23ClN4O3S/c1-15(30)29(17-7-4-6-16(25)12-17)24-27-21(14-33-24)22-26-20-10-3-2-9-19(20)23(31)28(22)13-18-8-5-11-32-18/h2-4,6-7,9-10,12,14,18,22,26H,5,8,11,13H2,1H3/t18-,22+/m1/s1. The number of para-hydroxylation sites is 1. The van der Waals surface area contributed by atoms with Gasteiger partial charge in [-0.3, -0.25) is 14.5 Å². The molecular formula is C24H23ClN4O3S. The number of ether oxygens (including phenoxy) is 1. The second kappa shape index (κ2) is 9.13. The van der Waals surface area contributed by atoms with Gasteiger partial charge in [-0.15, -0.1) is 11.3 Å². The third-order valence-electron chi connectivity index (χ3n) is 5.81. The Morgan fingerprint density at radius 3 is 2.91 bits per heavy atom. The number of rotatable bonds is 5. The molecule has 5 rings (SSSR count). The Morgan fingerprint density at radius 1 is 1.30 bits per heavy atom. The van der Waals surface area contributed by atoms with Gasteiger partial charge >= 0.3 is 0 Å². The molecule has 33 heavy (non-hydrogen) atoms. The minimum Gasteiger partial charge on any atom is -0.376 e. The molecule has 3 aromatic rings. The summed E-state index contributed by atoms with van der Waals surface area (Å²) in [5.74, 6) is -0.231. The van der Waals surface area contributed by atoms with Gasteiger partial charge in [0, 0.05) is 36.2 Å². The van der Waals surface area contributed by atoms with E-state index in [1.165, 1.54) is 23.2 Å². The van der Waals surface area contributed by atoms with Crippen molar-refractivity contribution < 1.29 is 14.3 Å². The van der Waals surface area contributed by atoms with Crippen LogP contribution in [-0.2, 0) is 9.53 Å². The SMILES string of the molecule is CC(=O)N(c1cccc(Cl)c1)c1nc([C@H]2Nc3ccccc3C(=O)N2C[C@H]2CCCO2)cs1. The number of hydrogen-bond acceptors (Lipinski definition) is 6. The van der Waals surface area contributed by atoms with E-state index in [0.717, 1.165) is 25.1 Å². The number of benzene rings is 2. The largest absolute Gasteiger partial charge is 0.376 e. The highest BCUT2D eigenvalue weighted by molar-refractivity contribution is 7.14. The third kappa shape index (κ3) is 4.34. The van der Waals surface area contributed by atoms with E-state index in [1.54, 1.807) is 23.1 Å². The highest BCUT2D eigenvalue weighted by Gasteiger charge is 2.36. The Bertz CT molecular complexity index is 1190. The van der Waals surface area contributed by atoms with E-state index in [9.17, 15) is 9.59 Å². The molecule has 1 saturated heterocycles. The van der Waals surface area contributed by atoms with Gasteiger partial charge in [-0.2, -0.15) is 0 Å². The van der Waals surface area contributed by atoms with Crippen molar-refractivity contribution in [2.45, 2.75) is 32.0 Å². The molecule has 3 heterocycles. The predicted molar refractivity (Wildman–Crippen MR) is 129 cm³/mol. The first-order chi connectivity index (χ1) is 16.0. The summed E-state index contributed by atoms with van der Waals surface area (Å²) in [6, 6.07) is 14.6. The first-order valence-corrected chi connectivity index (χ1v) is 12.1. The number of nitrogens with one attached hydrogen (secondary N) is 1. The molecular weight excluding hydrogens is 460 g/mol. The molecule has 0 bridgehead atoms. The minimum absolute atomic E-state index is 0.00166. The summed E-state index contributed by atoms with van der Waals surface area (Å²) < 4.78 is 5.82. The molecule has 2 atom stereocenters. The monoisotopic (exact) mass is 482 g/mol. The molecule has 1 N–H and O–H groups in total. The molecule has 2 amide bonds. The van der Waals surface area contributed by atoms with Gasteiger partial charge in [0.25, 0.3) is 5.91 Å². The van der Waals surface area contributed by atoms with Gasteiger partial charge in [-0.05, 0) is 43.2 Å². The zero-order valence-corrected chi connectivity index (χ0v) is 19.6. The first-order valence-electron chi connectivity index (χ1n) is 10.8. The minimum atomic E-state index is -0.463. The normalized spacial score (nSPS) is 19.8. The number of fused-ring (bicyclic) bond motifs is 1. The zero-order chi connectivity index (χ0) is 22.9. The van der Waals surface area contributed by atoms with Gasteiger partial charge in [0.2, 0.25) is 5.91 Å². The Balaban J connectivity index is 1.50. The number of hydrogen-bond donors (Lipinski definition) is 1. The van der Waals surface area contributed by atoms with Gasteiger partial charge in [0.05, 0.1) is 23.0 Å². The number of carbonyl (C=O) groups is 2. The Kier molecular flexibility index (Phi) is 6.05. The Labute approximate surface area is 200 Å². The smallest absolute Gasteiger partial charge is 0.257 e. The summed E-state index contributed by atoms with van der Waals surface area (Å²) in [6.07, 6.45) is 1.46. The average Bonchev–Trinajstić information content (AvgIpc) is 3.48. The molecule has 2 aromatic carbocycles. The lowest BCUT2D eigenvalue weighted by Crippen LogP contribution is -2.46. The van der Waals surface area contributed by atoms with Crippen molar-refractivity contribution in [2.24, 2.45) is 0 Å². The molecule has 7 nitrogen and oxygen atoms in total. The van der Waals surface area contributed by atoms with E-state index in [2.05, 4.69) is 5.32 Å². The van der Waals surface area contributed by atoms with Gasteiger partial charge in [-0.1, -0.05) is 29.8 Å². The molecule has 9 heteroatoms. The maximum Gasteiger partial charge on any atom is 0.257 e. The number of halogens is 1. The molecule has 0 spiro atoms. The third-order valence-corrected chi connectivity index (χ3v) is 6.89. The molecule has 0 aliphatic carbocycles. The van der Waals surface area contributed by atoms with E-state index < -0.39 is 6.17 Å². The number of amides is 2. The molecule has 2 aliphatic rings. The molecule has 1 aromatic heterocycles. The fourth-order valence-electron chi connectivity index (χ4n) is 4.27. The van der Waals surface area contributed by atoms with Gasteiger partial charge in [0.1, 0.15) is 6.17 Å². The van der Waals surface area contributed by atoms with Crippen LogP contribution in [0.5, 0.6) is 0 Å². The van der Waals surface area contributed by atoms with Crippen LogP contribution < -0.4 is 10.2 Å². The van der Waals surface area contributed by atoms with E-state index in [0.29, 0.717) is 33.6 Å². The topological polar surface area (TPSA) is 74.8 Å². The predicted octanol–water partition coefficient (Wildman–Crippen LogP) is 5.23. The summed E-state index contributed by atoms with van der Waals surface area (Å²) >= 11 is 7.50. The lowest BCUT2D eigenvalue weighted by Gasteiger charge is -2.38. The van der Waals surface area contributed by atoms with Gasteiger partial charge < -0.3 is 15.0 Å². The van der Waals surface area contributed by atoms with Crippen LogP contribution in [0.2, 0.25) is 5.02 Å². The molecule has 0 radical (unpaired) electrons. The van der Waals surface area contributed by atoms with Crippen LogP contribution in [0, 0.1) is 0 Å². The van der Waals surface area contributed by atoms with Gasteiger partial charge in [0.15, 0.2) is 5.13 Å². The fourth-order valence-corrected chi connectivity index (χ4v) is 5.36. The highest BCUT2D eigenvalue weighted by atomic mass is 35.5. The second-order valence-corrected chi connectivity index (χ2v) is 9.35. The van der Waals surface area contributed by atoms with E-state index in [1.807, 2.05) is 35.7 Å². The maximum atomic E-state index is 13.4. The Morgan fingerprint density at radius 2 is 2.15 bits per heavy atom. The summed E-state index contributed by atoms with van der Waals surface area (Å²) in [4.78, 5) is 34.0. The first kappa shape index (κ1) is 21.9. The summed E-state index contributed by atoms with van der Waals surface area (Å²) in [7, 11) is 0. The van der Waals surface area contributed by atoms with E-state index in [4.69, 9.17) is 21.3 Å². The zero-order valence-electron chi connectivity index (χ0n) is 18.0. The van der Waals surface area contributed by atoms with Crippen molar-refractivity contribution in [1.82, 2.24) is 9.88 Å². The average molecular weight is 483 g/mol. The van der Waals surface area contributed by atoms with Crippen molar-refractivity contribution in [3.8, 4) is 0 Å². The number of aromatic nitrogens is 1. The summed E-state index contributed by atoms with van der Waals surface area (Å²) in [5, 5.41) is 6.41. The van der Waals surface area contributed by atoms with Crippen LogP contribution >= 0.6 is 22.9 Å². The Hall–Kier alpha value is -2.94. The van der Waals surface area contributed by atoms with Crippen LogP contribution in [0.4, 0.5) is 16.5 Å². The van der Waals surface area contributed by atoms with Crippen LogP contribution in [0.15, 0.2) is 53.9 Å². The van der Waals surface area contributed by atoms with Crippen LogP contribution in [0.25, 0.3) is 0 Å². The maximum absolute atomic E-state index is 13.4. The van der Waals surface area contributed by atoms with Crippen molar-refractivity contribution >= 4 is 51.3 Å². The summed E-state index contributed by atoms with van der Waals surface area (Å²) in [6.45, 7) is 2.68. The molecule has 0 saturated carbocycles.